The number of carbonyl (C=O) groups excluding carboxylic acids is 1. The molecule has 1 aliphatic carbocycles. The fourth-order valence-electron chi connectivity index (χ4n) is 3.87. The molecule has 1 saturated carbocycles. The van der Waals surface area contributed by atoms with Crippen LogP contribution in [0.4, 0.5) is 10.1 Å². The molecule has 2 fully saturated rings. The number of aromatic nitrogens is 1. The number of halogens is 1. The maximum atomic E-state index is 13.6. The van der Waals surface area contributed by atoms with E-state index in [1.807, 2.05) is 12.1 Å². The van der Waals surface area contributed by atoms with Crippen LogP contribution in [-0.4, -0.2) is 29.1 Å². The van der Waals surface area contributed by atoms with E-state index >= 15 is 0 Å². The Labute approximate surface area is 164 Å². The van der Waals surface area contributed by atoms with E-state index in [0.717, 1.165) is 50.0 Å². The van der Waals surface area contributed by atoms with Crippen molar-refractivity contribution < 1.29 is 14.3 Å². The second-order valence-electron chi connectivity index (χ2n) is 7.89. The minimum atomic E-state index is -0.337. The summed E-state index contributed by atoms with van der Waals surface area (Å²) in [6, 6.07) is 7.08. The van der Waals surface area contributed by atoms with Gasteiger partial charge in [0.1, 0.15) is 5.82 Å². The Balaban J connectivity index is 1.59. The normalized spacial score (nSPS) is 17.6. The first-order valence-corrected chi connectivity index (χ1v) is 9.98. The number of aryl methyl sites for hydroxylation is 1. The third-order valence-corrected chi connectivity index (χ3v) is 5.66. The summed E-state index contributed by atoms with van der Waals surface area (Å²) in [5.41, 5.74) is 3.48. The molecule has 0 unspecified atom stereocenters. The Morgan fingerprint density at radius 2 is 2.04 bits per heavy atom. The summed E-state index contributed by atoms with van der Waals surface area (Å²) in [5, 5.41) is 12.7. The van der Waals surface area contributed by atoms with E-state index in [1.54, 1.807) is 19.1 Å². The zero-order valence-electron chi connectivity index (χ0n) is 16.1. The summed E-state index contributed by atoms with van der Waals surface area (Å²) < 4.78 is 13.6. The van der Waals surface area contributed by atoms with Gasteiger partial charge >= 0.3 is 0 Å². The number of anilines is 1. The van der Waals surface area contributed by atoms with Crippen LogP contribution >= 0.6 is 0 Å². The maximum Gasteiger partial charge on any atom is 0.251 e. The van der Waals surface area contributed by atoms with Gasteiger partial charge in [-0.1, -0.05) is 0 Å². The van der Waals surface area contributed by atoms with Crippen LogP contribution in [0.15, 0.2) is 30.5 Å². The molecule has 2 N–H and O–H groups in total. The van der Waals surface area contributed by atoms with Crippen LogP contribution in [0, 0.1) is 18.7 Å². The molecule has 2 aromatic rings. The zero-order chi connectivity index (χ0) is 19.7. The molecule has 1 aliphatic heterocycles. The molecule has 1 amide bonds. The van der Waals surface area contributed by atoms with Crippen molar-refractivity contribution in [2.45, 2.75) is 45.3 Å². The first-order chi connectivity index (χ1) is 13.5. The van der Waals surface area contributed by atoms with E-state index in [9.17, 15) is 14.3 Å². The van der Waals surface area contributed by atoms with Gasteiger partial charge in [0, 0.05) is 24.3 Å². The minimum absolute atomic E-state index is 0.104. The van der Waals surface area contributed by atoms with Crippen LogP contribution in [0.5, 0.6) is 0 Å². The van der Waals surface area contributed by atoms with Crippen molar-refractivity contribution in [1.82, 2.24) is 10.3 Å². The Hall–Kier alpha value is -2.47. The van der Waals surface area contributed by atoms with Gasteiger partial charge in [0.25, 0.3) is 5.91 Å². The van der Waals surface area contributed by atoms with E-state index in [0.29, 0.717) is 22.7 Å². The molecular weight excluding hydrogens is 357 g/mol. The second kappa shape index (κ2) is 7.87. The van der Waals surface area contributed by atoms with Gasteiger partial charge in [0.15, 0.2) is 0 Å². The van der Waals surface area contributed by atoms with Crippen LogP contribution in [0.25, 0.3) is 0 Å². The maximum absolute atomic E-state index is 13.6. The standard InChI is InChI=1S/C22H26FN3O2/c1-14-8-20(24-12-19(14)23)21(16-4-5-16)25-22(28)17-9-15(13-27)10-18(11-17)26-6-2-3-7-26/h8-12,16,21,27H,2-7,13H2,1H3,(H,25,28)/t21-/m0/s1. The molecule has 4 rings (SSSR count). The first kappa shape index (κ1) is 18.9. The van der Waals surface area contributed by atoms with Gasteiger partial charge < -0.3 is 15.3 Å². The molecule has 2 aliphatic rings. The fourth-order valence-corrected chi connectivity index (χ4v) is 3.87. The van der Waals surface area contributed by atoms with E-state index in [4.69, 9.17) is 0 Å². The molecule has 5 nitrogen and oxygen atoms in total. The van der Waals surface area contributed by atoms with Crippen molar-refractivity contribution in [2.75, 3.05) is 18.0 Å². The van der Waals surface area contributed by atoms with E-state index < -0.39 is 0 Å². The third kappa shape index (κ3) is 4.02. The second-order valence-corrected chi connectivity index (χ2v) is 7.89. The number of nitrogens with zero attached hydrogens (tertiary/aromatic N) is 2. The van der Waals surface area contributed by atoms with Gasteiger partial charge in [-0.2, -0.15) is 0 Å². The average Bonchev–Trinajstić information content (AvgIpc) is 3.40. The lowest BCUT2D eigenvalue weighted by Gasteiger charge is -2.21. The van der Waals surface area contributed by atoms with E-state index in [1.165, 1.54) is 6.20 Å². The van der Waals surface area contributed by atoms with Crippen LogP contribution in [0.3, 0.4) is 0 Å². The average molecular weight is 383 g/mol. The molecule has 148 valence electrons. The number of benzene rings is 1. The van der Waals surface area contributed by atoms with Crippen molar-refractivity contribution in [3.63, 3.8) is 0 Å². The number of rotatable bonds is 6. The number of aliphatic hydroxyl groups excluding tert-OH is 1. The number of nitrogens with one attached hydrogen (secondary N) is 1. The fraction of sp³-hybridized carbons (Fsp3) is 0.455. The van der Waals surface area contributed by atoms with Gasteiger partial charge in [-0.15, -0.1) is 0 Å². The van der Waals surface area contributed by atoms with E-state index in [-0.39, 0.29) is 24.4 Å². The molecule has 1 atom stereocenters. The third-order valence-electron chi connectivity index (χ3n) is 5.66. The van der Waals surface area contributed by atoms with Gasteiger partial charge in [0.2, 0.25) is 0 Å². The van der Waals surface area contributed by atoms with Gasteiger partial charge in [-0.3, -0.25) is 9.78 Å². The molecule has 1 aromatic carbocycles. The summed E-state index contributed by atoms with van der Waals surface area (Å²) in [4.78, 5) is 19.5. The highest BCUT2D eigenvalue weighted by atomic mass is 19.1. The van der Waals surface area contributed by atoms with Crippen molar-refractivity contribution in [2.24, 2.45) is 5.92 Å². The van der Waals surface area contributed by atoms with Crippen LogP contribution in [0.1, 0.15) is 58.9 Å². The van der Waals surface area contributed by atoms with Crippen molar-refractivity contribution in [3.8, 4) is 0 Å². The smallest absolute Gasteiger partial charge is 0.251 e. The van der Waals surface area contributed by atoms with Crippen LogP contribution < -0.4 is 10.2 Å². The molecule has 0 bridgehead atoms. The molecule has 0 radical (unpaired) electrons. The number of carbonyl (C=O) groups is 1. The van der Waals surface area contributed by atoms with Gasteiger partial charge in [-0.05, 0) is 73.9 Å². The highest BCUT2D eigenvalue weighted by Crippen LogP contribution is 2.41. The first-order valence-electron chi connectivity index (χ1n) is 9.98. The Morgan fingerprint density at radius 3 is 2.68 bits per heavy atom. The van der Waals surface area contributed by atoms with E-state index in [2.05, 4.69) is 15.2 Å². The summed E-state index contributed by atoms with van der Waals surface area (Å²) in [7, 11) is 0. The zero-order valence-corrected chi connectivity index (χ0v) is 16.1. The Kier molecular flexibility index (Phi) is 5.31. The molecule has 1 saturated heterocycles. The molecule has 2 heterocycles. The van der Waals surface area contributed by atoms with Crippen molar-refractivity contribution in [1.29, 1.82) is 0 Å². The SMILES string of the molecule is Cc1cc([C@@H](NC(=O)c2cc(CO)cc(N3CCCC3)c2)C2CC2)ncc1F. The number of hydrogen-bond donors (Lipinski definition) is 2. The minimum Gasteiger partial charge on any atom is -0.392 e. The van der Waals surface area contributed by atoms with Crippen molar-refractivity contribution >= 4 is 11.6 Å². The van der Waals surface area contributed by atoms with Gasteiger partial charge in [-0.25, -0.2) is 4.39 Å². The topological polar surface area (TPSA) is 65.5 Å². The summed E-state index contributed by atoms with van der Waals surface area (Å²) in [6.07, 6.45) is 5.57. The molecular formula is C22H26FN3O2. The lowest BCUT2D eigenvalue weighted by Crippen LogP contribution is -2.31. The molecule has 0 spiro atoms. The lowest BCUT2D eigenvalue weighted by atomic mass is 10.0. The molecule has 6 heteroatoms. The Bertz CT molecular complexity index is 876. The number of hydrogen-bond acceptors (Lipinski definition) is 4. The molecule has 28 heavy (non-hydrogen) atoms. The number of pyridine rings is 1. The number of amides is 1. The summed E-state index contributed by atoms with van der Waals surface area (Å²) >= 11 is 0. The quantitative estimate of drug-likeness (QED) is 0.801. The summed E-state index contributed by atoms with van der Waals surface area (Å²) in [5.74, 6) is -0.188. The van der Waals surface area contributed by atoms with Crippen LogP contribution in [-0.2, 0) is 6.61 Å². The predicted molar refractivity (Wildman–Crippen MR) is 106 cm³/mol. The lowest BCUT2D eigenvalue weighted by molar-refractivity contribution is 0.0930. The highest BCUT2D eigenvalue weighted by Gasteiger charge is 2.35. The predicted octanol–water partition coefficient (Wildman–Crippen LogP) is 3.50. The Morgan fingerprint density at radius 1 is 1.29 bits per heavy atom. The largest absolute Gasteiger partial charge is 0.392 e. The molecule has 1 aromatic heterocycles. The van der Waals surface area contributed by atoms with Gasteiger partial charge in [0.05, 0.1) is 24.5 Å². The number of aliphatic hydroxyl groups is 1. The van der Waals surface area contributed by atoms with Crippen LogP contribution in [0.2, 0.25) is 0 Å². The van der Waals surface area contributed by atoms with Crippen molar-refractivity contribution in [3.05, 3.63) is 58.7 Å². The monoisotopic (exact) mass is 383 g/mol. The highest BCUT2D eigenvalue weighted by molar-refractivity contribution is 5.95. The summed E-state index contributed by atoms with van der Waals surface area (Å²) in [6.45, 7) is 3.55.